The zero-order valence-corrected chi connectivity index (χ0v) is 12.2. The molecule has 0 bridgehead atoms. The Morgan fingerprint density at radius 1 is 1.58 bits per heavy atom. The third kappa shape index (κ3) is 3.38. The van der Waals surface area contributed by atoms with Crippen LogP contribution in [0.5, 0.6) is 0 Å². The first-order valence-electron chi connectivity index (χ1n) is 5.99. The van der Waals surface area contributed by atoms with Crippen LogP contribution in [0.1, 0.15) is 23.7 Å². The van der Waals surface area contributed by atoms with Crippen molar-refractivity contribution in [2.45, 2.75) is 19.4 Å². The van der Waals surface area contributed by atoms with E-state index in [1.807, 2.05) is 6.92 Å². The van der Waals surface area contributed by atoms with Crippen LogP contribution in [0.15, 0.2) is 18.2 Å². The zero-order chi connectivity index (χ0) is 13.3. The fourth-order valence-electron chi connectivity index (χ4n) is 2.41. The number of carbonyl (C=O) groups is 1. The Morgan fingerprint density at radius 2 is 2.26 bits per heavy atom. The number of nitrogens with two attached hydrogens (primary N) is 1. The lowest BCUT2D eigenvalue weighted by Crippen LogP contribution is -2.35. The smallest absolute Gasteiger partial charge is 0.257 e. The van der Waals surface area contributed by atoms with Crippen molar-refractivity contribution in [3.8, 4) is 0 Å². The molecule has 1 aliphatic rings. The van der Waals surface area contributed by atoms with Crippen LogP contribution in [-0.4, -0.2) is 29.9 Å². The highest BCUT2D eigenvalue weighted by Gasteiger charge is 2.33. The summed E-state index contributed by atoms with van der Waals surface area (Å²) in [5.41, 5.74) is 5.65. The van der Waals surface area contributed by atoms with Crippen molar-refractivity contribution < 1.29 is 9.18 Å². The number of carbonyl (C=O) groups excluding carboxylic acids is 1. The number of benzene rings is 1. The van der Waals surface area contributed by atoms with Gasteiger partial charge in [-0.3, -0.25) is 4.79 Å². The summed E-state index contributed by atoms with van der Waals surface area (Å²) < 4.78 is 13.6. The van der Waals surface area contributed by atoms with E-state index < -0.39 is 5.82 Å². The lowest BCUT2D eigenvalue weighted by Gasteiger charge is -2.21. The molecule has 6 heteroatoms. The molecule has 0 saturated carbocycles. The highest BCUT2D eigenvalue weighted by molar-refractivity contribution is 6.31. The van der Waals surface area contributed by atoms with Crippen LogP contribution < -0.4 is 5.73 Å². The van der Waals surface area contributed by atoms with Crippen LogP contribution in [0.25, 0.3) is 0 Å². The number of rotatable bonds is 2. The molecule has 1 fully saturated rings. The number of halogens is 3. The van der Waals surface area contributed by atoms with Gasteiger partial charge in [-0.15, -0.1) is 12.4 Å². The van der Waals surface area contributed by atoms with Crippen LogP contribution in [0.4, 0.5) is 4.39 Å². The summed E-state index contributed by atoms with van der Waals surface area (Å²) in [6.45, 7) is 3.09. The summed E-state index contributed by atoms with van der Waals surface area (Å²) in [6, 6.07) is 4.12. The van der Waals surface area contributed by atoms with Gasteiger partial charge in [-0.1, -0.05) is 11.6 Å². The van der Waals surface area contributed by atoms with Crippen molar-refractivity contribution in [3.63, 3.8) is 0 Å². The van der Waals surface area contributed by atoms with Gasteiger partial charge in [0.1, 0.15) is 5.82 Å². The Hall–Kier alpha value is -0.840. The molecule has 3 nitrogen and oxygen atoms in total. The second-order valence-corrected chi connectivity index (χ2v) is 5.20. The minimum absolute atomic E-state index is 0. The predicted octanol–water partition coefficient (Wildman–Crippen LogP) is 2.71. The van der Waals surface area contributed by atoms with E-state index in [9.17, 15) is 9.18 Å². The molecule has 1 saturated heterocycles. The number of nitrogens with zero attached hydrogens (tertiary/aromatic N) is 1. The molecule has 0 radical (unpaired) electrons. The Kier molecular flexibility index (Phi) is 5.59. The molecule has 1 aliphatic heterocycles. The molecule has 1 amide bonds. The van der Waals surface area contributed by atoms with Crippen molar-refractivity contribution in [1.29, 1.82) is 0 Å². The van der Waals surface area contributed by atoms with Gasteiger partial charge in [-0.2, -0.15) is 0 Å². The van der Waals surface area contributed by atoms with E-state index in [1.165, 1.54) is 18.2 Å². The van der Waals surface area contributed by atoms with Gasteiger partial charge in [-0.25, -0.2) is 4.39 Å². The van der Waals surface area contributed by atoms with Gasteiger partial charge in [-0.05, 0) is 44.0 Å². The fourth-order valence-corrected chi connectivity index (χ4v) is 2.58. The molecule has 19 heavy (non-hydrogen) atoms. The Morgan fingerprint density at radius 3 is 2.84 bits per heavy atom. The molecule has 0 aliphatic carbocycles. The van der Waals surface area contributed by atoms with Gasteiger partial charge in [0.25, 0.3) is 5.91 Å². The van der Waals surface area contributed by atoms with Gasteiger partial charge in [0.05, 0.1) is 5.56 Å². The molecule has 2 N–H and O–H groups in total. The Balaban J connectivity index is 0.00000180. The summed E-state index contributed by atoms with van der Waals surface area (Å²) in [4.78, 5) is 14.0. The average Bonchev–Trinajstić information content (AvgIpc) is 2.73. The Bertz CT molecular complexity index is 470. The maximum Gasteiger partial charge on any atom is 0.257 e. The predicted molar refractivity (Wildman–Crippen MR) is 76.3 cm³/mol. The van der Waals surface area contributed by atoms with E-state index in [0.29, 0.717) is 24.0 Å². The summed E-state index contributed by atoms with van der Waals surface area (Å²) in [7, 11) is 0. The van der Waals surface area contributed by atoms with Crippen molar-refractivity contribution in [3.05, 3.63) is 34.6 Å². The molecule has 1 aromatic rings. The maximum atomic E-state index is 13.6. The van der Waals surface area contributed by atoms with Gasteiger partial charge in [0.15, 0.2) is 0 Å². The van der Waals surface area contributed by atoms with E-state index in [-0.39, 0.29) is 29.9 Å². The zero-order valence-electron chi connectivity index (χ0n) is 10.6. The third-order valence-electron chi connectivity index (χ3n) is 3.41. The summed E-state index contributed by atoms with van der Waals surface area (Å²) in [5, 5.41) is 0.363. The number of amides is 1. The molecule has 0 aromatic heterocycles. The van der Waals surface area contributed by atoms with E-state index >= 15 is 0 Å². The molecule has 2 rings (SSSR count). The highest BCUT2D eigenvalue weighted by Crippen LogP contribution is 2.25. The van der Waals surface area contributed by atoms with E-state index in [1.54, 1.807) is 4.90 Å². The fraction of sp³-hybridized carbons (Fsp3) is 0.462. The SMILES string of the molecule is CC1CC(CN)CN1C(=O)c1cc(Cl)ccc1F.Cl. The molecule has 1 heterocycles. The normalized spacial score (nSPS) is 22.2. The van der Waals surface area contributed by atoms with Crippen LogP contribution in [0.2, 0.25) is 5.02 Å². The van der Waals surface area contributed by atoms with Gasteiger partial charge < -0.3 is 10.6 Å². The van der Waals surface area contributed by atoms with Gasteiger partial charge in [0, 0.05) is 17.6 Å². The van der Waals surface area contributed by atoms with Gasteiger partial charge >= 0.3 is 0 Å². The van der Waals surface area contributed by atoms with E-state index in [0.717, 1.165) is 6.42 Å². The maximum absolute atomic E-state index is 13.6. The highest BCUT2D eigenvalue weighted by atomic mass is 35.5. The topological polar surface area (TPSA) is 46.3 Å². The molecule has 106 valence electrons. The van der Waals surface area contributed by atoms with Crippen molar-refractivity contribution >= 4 is 29.9 Å². The van der Waals surface area contributed by atoms with Crippen LogP contribution in [-0.2, 0) is 0 Å². The molecule has 2 unspecified atom stereocenters. The first-order valence-corrected chi connectivity index (χ1v) is 6.36. The second-order valence-electron chi connectivity index (χ2n) is 4.77. The monoisotopic (exact) mass is 306 g/mol. The summed E-state index contributed by atoms with van der Waals surface area (Å²) in [6.07, 6.45) is 0.866. The minimum atomic E-state index is -0.534. The number of likely N-dealkylation sites (tertiary alicyclic amines) is 1. The molecular weight excluding hydrogens is 290 g/mol. The van der Waals surface area contributed by atoms with Crippen molar-refractivity contribution in [2.75, 3.05) is 13.1 Å². The minimum Gasteiger partial charge on any atom is -0.336 e. The second kappa shape index (κ2) is 6.55. The summed E-state index contributed by atoms with van der Waals surface area (Å²) >= 11 is 5.80. The summed E-state index contributed by atoms with van der Waals surface area (Å²) in [5.74, 6) is -0.544. The lowest BCUT2D eigenvalue weighted by atomic mass is 10.1. The van der Waals surface area contributed by atoms with E-state index in [4.69, 9.17) is 17.3 Å². The average molecular weight is 307 g/mol. The van der Waals surface area contributed by atoms with Crippen LogP contribution in [0.3, 0.4) is 0 Å². The molecule has 1 aromatic carbocycles. The first-order chi connectivity index (χ1) is 8.52. The largest absolute Gasteiger partial charge is 0.336 e. The van der Waals surface area contributed by atoms with E-state index in [2.05, 4.69) is 0 Å². The van der Waals surface area contributed by atoms with Crippen LogP contribution >= 0.6 is 24.0 Å². The van der Waals surface area contributed by atoms with Crippen LogP contribution in [0, 0.1) is 11.7 Å². The number of hydrogen-bond acceptors (Lipinski definition) is 2. The Labute approximate surface area is 123 Å². The third-order valence-corrected chi connectivity index (χ3v) is 3.65. The van der Waals surface area contributed by atoms with Crippen molar-refractivity contribution in [1.82, 2.24) is 4.90 Å². The first kappa shape index (κ1) is 16.2. The molecule has 2 atom stereocenters. The number of hydrogen-bond donors (Lipinski definition) is 1. The molecular formula is C13H17Cl2FN2O. The van der Waals surface area contributed by atoms with Gasteiger partial charge in [0.2, 0.25) is 0 Å². The van der Waals surface area contributed by atoms with Crippen molar-refractivity contribution in [2.24, 2.45) is 11.7 Å². The molecule has 0 spiro atoms. The standard InChI is InChI=1S/C13H16ClFN2O.ClH/c1-8-4-9(6-16)7-17(8)13(18)11-5-10(14)2-3-12(11)15;/h2-3,5,8-9H,4,6-7,16H2,1H3;1H. The lowest BCUT2D eigenvalue weighted by molar-refractivity contribution is 0.0738. The quantitative estimate of drug-likeness (QED) is 0.913.